The second kappa shape index (κ2) is 4.63. The molecule has 0 saturated heterocycles. The Morgan fingerprint density at radius 1 is 1.62 bits per heavy atom. The molecule has 0 bridgehead atoms. The predicted molar refractivity (Wildman–Crippen MR) is 60.6 cm³/mol. The van der Waals surface area contributed by atoms with E-state index in [2.05, 4.69) is 20.4 Å². The quantitative estimate of drug-likeness (QED) is 0.780. The van der Waals surface area contributed by atoms with E-state index in [4.69, 9.17) is 16.7 Å². The molecule has 0 aliphatic rings. The van der Waals surface area contributed by atoms with Gasteiger partial charge in [-0.1, -0.05) is 18.5 Å². The van der Waals surface area contributed by atoms with Gasteiger partial charge in [0.2, 0.25) is 0 Å². The molecule has 86 valence electrons. The van der Waals surface area contributed by atoms with Crippen LogP contribution in [0.3, 0.4) is 0 Å². The van der Waals surface area contributed by atoms with E-state index in [-0.39, 0.29) is 12.6 Å². The number of halogens is 1. The van der Waals surface area contributed by atoms with Gasteiger partial charge in [-0.2, -0.15) is 19.6 Å². The summed E-state index contributed by atoms with van der Waals surface area (Å²) >= 11 is 5.86. The van der Waals surface area contributed by atoms with Crippen LogP contribution in [0.1, 0.15) is 13.3 Å². The van der Waals surface area contributed by atoms with Gasteiger partial charge in [-0.3, -0.25) is 0 Å². The summed E-state index contributed by atoms with van der Waals surface area (Å²) in [6, 6.07) is 1.62. The van der Waals surface area contributed by atoms with Gasteiger partial charge in [0.1, 0.15) is 17.3 Å². The molecule has 0 radical (unpaired) electrons. The van der Waals surface area contributed by atoms with Crippen LogP contribution in [0.5, 0.6) is 0 Å². The van der Waals surface area contributed by atoms with Crippen molar-refractivity contribution >= 4 is 23.2 Å². The highest BCUT2D eigenvalue weighted by atomic mass is 35.5. The van der Waals surface area contributed by atoms with Gasteiger partial charge in [0, 0.05) is 6.07 Å². The Morgan fingerprint density at radius 2 is 2.44 bits per heavy atom. The predicted octanol–water partition coefficient (Wildman–Crippen LogP) is 0.960. The standard InChI is InChI=1S/C9H12ClN5O/c1-2-6(4-16)13-8-3-7(10)14-9-11-5-12-15(8)9/h3,5-6,13,16H,2,4H2,1H3. The normalized spacial score (nSPS) is 12.9. The number of hydrogen-bond donors (Lipinski definition) is 2. The van der Waals surface area contributed by atoms with Crippen molar-refractivity contribution in [2.75, 3.05) is 11.9 Å². The fraction of sp³-hybridized carbons (Fsp3) is 0.444. The van der Waals surface area contributed by atoms with E-state index >= 15 is 0 Å². The molecule has 2 rings (SSSR count). The van der Waals surface area contributed by atoms with Crippen LogP contribution in [-0.4, -0.2) is 37.3 Å². The van der Waals surface area contributed by atoms with Crippen LogP contribution in [-0.2, 0) is 0 Å². The first-order valence-electron chi connectivity index (χ1n) is 4.98. The smallest absolute Gasteiger partial charge is 0.255 e. The van der Waals surface area contributed by atoms with E-state index in [1.807, 2.05) is 6.92 Å². The summed E-state index contributed by atoms with van der Waals surface area (Å²) in [7, 11) is 0. The summed E-state index contributed by atoms with van der Waals surface area (Å²) < 4.78 is 1.55. The van der Waals surface area contributed by atoms with Gasteiger partial charge in [-0.25, -0.2) is 0 Å². The Bertz CT molecular complexity index is 482. The van der Waals surface area contributed by atoms with Gasteiger partial charge in [0.05, 0.1) is 12.6 Å². The summed E-state index contributed by atoms with van der Waals surface area (Å²) in [6.45, 7) is 2.03. The Hall–Kier alpha value is -1.40. The highest BCUT2D eigenvalue weighted by Gasteiger charge is 2.10. The Morgan fingerprint density at radius 3 is 3.12 bits per heavy atom. The van der Waals surface area contributed by atoms with Crippen molar-refractivity contribution in [3.05, 3.63) is 17.5 Å². The third kappa shape index (κ3) is 2.07. The minimum absolute atomic E-state index is 0.0362. The number of fused-ring (bicyclic) bond motifs is 1. The maximum absolute atomic E-state index is 9.12. The first-order valence-corrected chi connectivity index (χ1v) is 5.36. The molecule has 0 spiro atoms. The summed E-state index contributed by atoms with van der Waals surface area (Å²) in [5.74, 6) is 1.11. The summed E-state index contributed by atoms with van der Waals surface area (Å²) in [6.07, 6.45) is 2.20. The number of nitrogens with zero attached hydrogens (tertiary/aromatic N) is 4. The van der Waals surface area contributed by atoms with Crippen LogP contribution < -0.4 is 5.32 Å². The summed E-state index contributed by atoms with van der Waals surface area (Å²) in [4.78, 5) is 7.96. The minimum Gasteiger partial charge on any atom is -0.394 e. The van der Waals surface area contributed by atoms with E-state index in [0.29, 0.717) is 16.7 Å². The lowest BCUT2D eigenvalue weighted by Gasteiger charge is -2.15. The molecule has 16 heavy (non-hydrogen) atoms. The van der Waals surface area contributed by atoms with Crippen LogP contribution in [0.4, 0.5) is 5.82 Å². The second-order valence-corrected chi connectivity index (χ2v) is 3.76. The van der Waals surface area contributed by atoms with Crippen molar-refractivity contribution in [3.8, 4) is 0 Å². The SMILES string of the molecule is CCC(CO)Nc1cc(Cl)nc2ncnn12. The third-order valence-corrected chi connectivity index (χ3v) is 2.48. The Balaban J connectivity index is 2.38. The molecule has 2 N–H and O–H groups in total. The number of anilines is 1. The van der Waals surface area contributed by atoms with Gasteiger partial charge in [0.25, 0.3) is 5.78 Å². The lowest BCUT2D eigenvalue weighted by atomic mass is 10.2. The number of aromatic nitrogens is 4. The van der Waals surface area contributed by atoms with Crippen LogP contribution in [0, 0.1) is 0 Å². The lowest BCUT2D eigenvalue weighted by Crippen LogP contribution is -2.24. The van der Waals surface area contributed by atoms with Crippen molar-refractivity contribution in [1.82, 2.24) is 19.6 Å². The molecule has 0 amide bonds. The highest BCUT2D eigenvalue weighted by Crippen LogP contribution is 2.15. The molecule has 0 fully saturated rings. The van der Waals surface area contributed by atoms with E-state index in [0.717, 1.165) is 6.42 Å². The second-order valence-electron chi connectivity index (χ2n) is 3.37. The molecular weight excluding hydrogens is 230 g/mol. The topological polar surface area (TPSA) is 75.3 Å². The largest absolute Gasteiger partial charge is 0.394 e. The van der Waals surface area contributed by atoms with Crippen LogP contribution >= 0.6 is 11.6 Å². The van der Waals surface area contributed by atoms with E-state index < -0.39 is 0 Å². The third-order valence-electron chi connectivity index (χ3n) is 2.29. The molecule has 7 heteroatoms. The average Bonchev–Trinajstić information content (AvgIpc) is 2.73. The maximum atomic E-state index is 9.12. The molecule has 0 aliphatic carbocycles. The molecule has 6 nitrogen and oxygen atoms in total. The van der Waals surface area contributed by atoms with Crippen molar-refractivity contribution in [3.63, 3.8) is 0 Å². The molecule has 0 aromatic carbocycles. The molecule has 1 atom stereocenters. The van der Waals surface area contributed by atoms with Gasteiger partial charge < -0.3 is 10.4 Å². The fourth-order valence-electron chi connectivity index (χ4n) is 1.37. The zero-order chi connectivity index (χ0) is 11.5. The zero-order valence-corrected chi connectivity index (χ0v) is 9.52. The maximum Gasteiger partial charge on any atom is 0.255 e. The number of aliphatic hydroxyl groups is 1. The number of rotatable bonds is 4. The van der Waals surface area contributed by atoms with Crippen LogP contribution in [0.2, 0.25) is 5.15 Å². The van der Waals surface area contributed by atoms with Crippen molar-refractivity contribution < 1.29 is 5.11 Å². The van der Waals surface area contributed by atoms with Gasteiger partial charge in [-0.05, 0) is 6.42 Å². The molecule has 0 saturated carbocycles. The van der Waals surface area contributed by atoms with Crippen LogP contribution in [0.25, 0.3) is 5.78 Å². The molecule has 2 heterocycles. The molecule has 2 aromatic rings. The van der Waals surface area contributed by atoms with E-state index in [1.165, 1.54) is 6.33 Å². The average molecular weight is 242 g/mol. The summed E-state index contributed by atoms with van der Waals surface area (Å²) in [5.41, 5.74) is 0. The highest BCUT2D eigenvalue weighted by molar-refractivity contribution is 6.29. The lowest BCUT2D eigenvalue weighted by molar-refractivity contribution is 0.271. The molecule has 2 aromatic heterocycles. The zero-order valence-electron chi connectivity index (χ0n) is 8.76. The first kappa shape index (κ1) is 11.1. The van der Waals surface area contributed by atoms with Crippen molar-refractivity contribution in [2.24, 2.45) is 0 Å². The minimum atomic E-state index is -0.0362. The van der Waals surface area contributed by atoms with E-state index in [1.54, 1.807) is 10.6 Å². The molecule has 0 aliphatic heterocycles. The number of nitrogens with one attached hydrogen (secondary N) is 1. The molecular formula is C9H12ClN5O. The van der Waals surface area contributed by atoms with Gasteiger partial charge in [-0.15, -0.1) is 0 Å². The fourth-order valence-corrected chi connectivity index (χ4v) is 1.55. The van der Waals surface area contributed by atoms with Crippen molar-refractivity contribution in [2.45, 2.75) is 19.4 Å². The van der Waals surface area contributed by atoms with Gasteiger partial charge >= 0.3 is 0 Å². The Labute approximate surface area is 97.3 Å². The van der Waals surface area contributed by atoms with E-state index in [9.17, 15) is 0 Å². The number of hydrogen-bond acceptors (Lipinski definition) is 5. The first-order chi connectivity index (χ1) is 7.74. The van der Waals surface area contributed by atoms with Crippen LogP contribution in [0.15, 0.2) is 12.4 Å². The summed E-state index contributed by atoms with van der Waals surface area (Å²) in [5, 5.41) is 16.6. The van der Waals surface area contributed by atoms with Crippen molar-refractivity contribution in [1.29, 1.82) is 0 Å². The molecule has 1 unspecified atom stereocenters. The van der Waals surface area contributed by atoms with Gasteiger partial charge in [0.15, 0.2) is 0 Å². The number of aliphatic hydroxyl groups excluding tert-OH is 1. The Kier molecular flexibility index (Phi) is 3.21. The monoisotopic (exact) mass is 241 g/mol.